The number of esters is 1. The van der Waals surface area contributed by atoms with E-state index in [9.17, 15) is 9.59 Å². The molecule has 4 nitrogen and oxygen atoms in total. The first-order valence-electron chi connectivity index (χ1n) is 8.46. The van der Waals surface area contributed by atoms with Crippen LogP contribution in [0, 0.1) is 0 Å². The van der Waals surface area contributed by atoms with Crippen LogP contribution < -0.4 is 5.32 Å². The number of anilines is 1. The molecule has 0 saturated carbocycles. The maximum absolute atomic E-state index is 12.5. The van der Waals surface area contributed by atoms with Gasteiger partial charge >= 0.3 is 5.97 Å². The van der Waals surface area contributed by atoms with Crippen LogP contribution in [0.5, 0.6) is 0 Å². The molecule has 0 fully saturated rings. The first-order chi connectivity index (χ1) is 13.1. The summed E-state index contributed by atoms with van der Waals surface area (Å²) in [6.45, 7) is 2.17. The van der Waals surface area contributed by atoms with Gasteiger partial charge in [0.25, 0.3) is 0 Å². The number of nitrogens with one attached hydrogen (secondary N) is 1. The van der Waals surface area contributed by atoms with Crippen molar-refractivity contribution in [1.82, 2.24) is 0 Å². The molecule has 0 radical (unpaired) electrons. The predicted octanol–water partition coefficient (Wildman–Crippen LogP) is 5.65. The molecule has 2 aromatic carbocycles. The monoisotopic (exact) mass is 443 g/mol. The van der Waals surface area contributed by atoms with E-state index in [0.29, 0.717) is 22.7 Å². The van der Waals surface area contributed by atoms with Crippen molar-refractivity contribution in [2.75, 3.05) is 18.5 Å². The number of carbonyl (C=O) groups excluding carboxylic acids is 2. The van der Waals surface area contributed by atoms with Gasteiger partial charge in [-0.3, -0.25) is 4.79 Å². The molecule has 1 N–H and O–H groups in total. The summed E-state index contributed by atoms with van der Waals surface area (Å²) < 4.78 is 6.15. The average Bonchev–Trinajstić information content (AvgIpc) is 3.11. The van der Waals surface area contributed by atoms with Crippen LogP contribution in [0.25, 0.3) is 11.1 Å². The zero-order valence-corrected chi connectivity index (χ0v) is 17.1. The Kier molecular flexibility index (Phi) is 6.42. The van der Waals surface area contributed by atoms with E-state index < -0.39 is 5.97 Å². The molecule has 3 rings (SSSR count). The second-order valence-corrected chi connectivity index (χ2v) is 7.52. The molecule has 3 aromatic rings. The van der Waals surface area contributed by atoms with Crippen LogP contribution in [0.3, 0.4) is 0 Å². The Hall–Kier alpha value is -2.44. The zero-order valence-electron chi connectivity index (χ0n) is 14.7. The van der Waals surface area contributed by atoms with Crippen molar-refractivity contribution >= 4 is 44.0 Å². The second-order valence-electron chi connectivity index (χ2n) is 5.72. The molecule has 0 spiro atoms. The summed E-state index contributed by atoms with van der Waals surface area (Å²) in [6, 6.07) is 16.9. The third-order valence-electron chi connectivity index (χ3n) is 3.93. The molecule has 1 heterocycles. The number of halogens is 1. The minimum absolute atomic E-state index is 0.0491. The minimum Gasteiger partial charge on any atom is -0.462 e. The van der Waals surface area contributed by atoms with Crippen LogP contribution in [0.15, 0.2) is 64.5 Å². The van der Waals surface area contributed by atoms with Crippen LogP contribution in [0.2, 0.25) is 0 Å². The van der Waals surface area contributed by atoms with Gasteiger partial charge in [0.2, 0.25) is 0 Å². The lowest BCUT2D eigenvalue weighted by atomic mass is 10.0. The Balaban J connectivity index is 1.84. The van der Waals surface area contributed by atoms with Gasteiger partial charge in [-0.15, -0.1) is 11.3 Å². The number of ether oxygens (including phenoxy) is 1. The van der Waals surface area contributed by atoms with Gasteiger partial charge in [-0.1, -0.05) is 58.4 Å². The fourth-order valence-corrected chi connectivity index (χ4v) is 3.84. The third kappa shape index (κ3) is 4.64. The number of Topliss-reactive ketones (excluding diaryl/α,β-unsaturated/α-hetero) is 1. The largest absolute Gasteiger partial charge is 0.462 e. The molecule has 0 aliphatic carbocycles. The van der Waals surface area contributed by atoms with Gasteiger partial charge in [0.15, 0.2) is 5.78 Å². The fraction of sp³-hybridized carbons (Fsp3) is 0.143. The van der Waals surface area contributed by atoms with Crippen LogP contribution >= 0.6 is 27.3 Å². The summed E-state index contributed by atoms with van der Waals surface area (Å²) in [5.74, 6) is -0.442. The predicted molar refractivity (Wildman–Crippen MR) is 113 cm³/mol. The van der Waals surface area contributed by atoms with Crippen molar-refractivity contribution < 1.29 is 14.3 Å². The normalized spacial score (nSPS) is 10.4. The van der Waals surface area contributed by atoms with E-state index in [1.165, 1.54) is 11.3 Å². The highest BCUT2D eigenvalue weighted by atomic mass is 79.9. The Morgan fingerprint density at radius 2 is 1.78 bits per heavy atom. The number of thiophene rings is 1. The summed E-state index contributed by atoms with van der Waals surface area (Å²) in [6.07, 6.45) is 0. The quantitative estimate of drug-likeness (QED) is 0.378. The van der Waals surface area contributed by atoms with Gasteiger partial charge in [-0.2, -0.15) is 0 Å². The van der Waals surface area contributed by atoms with Gasteiger partial charge in [0, 0.05) is 21.0 Å². The van der Waals surface area contributed by atoms with Crippen molar-refractivity contribution in [3.8, 4) is 11.1 Å². The molecule has 0 bridgehead atoms. The number of hydrogen-bond donors (Lipinski definition) is 1. The van der Waals surface area contributed by atoms with Crippen LogP contribution in [-0.2, 0) is 4.74 Å². The summed E-state index contributed by atoms with van der Waals surface area (Å²) in [5, 5.41) is 5.66. The highest BCUT2D eigenvalue weighted by Gasteiger charge is 2.21. The number of ketones is 1. The van der Waals surface area contributed by atoms with Gasteiger partial charge in [0.05, 0.1) is 13.2 Å². The minimum atomic E-state index is -0.392. The first-order valence-corrected chi connectivity index (χ1v) is 10.1. The van der Waals surface area contributed by atoms with Crippen molar-refractivity contribution in [2.24, 2.45) is 0 Å². The lowest BCUT2D eigenvalue weighted by Crippen LogP contribution is -2.15. The molecule has 1 aromatic heterocycles. The molecular formula is C21H18BrNO3S. The van der Waals surface area contributed by atoms with Crippen molar-refractivity contribution in [1.29, 1.82) is 0 Å². The Bertz CT molecular complexity index is 936. The average molecular weight is 444 g/mol. The molecule has 0 atom stereocenters. The van der Waals surface area contributed by atoms with E-state index in [4.69, 9.17) is 4.74 Å². The second kappa shape index (κ2) is 8.97. The maximum atomic E-state index is 12.5. The van der Waals surface area contributed by atoms with E-state index in [2.05, 4.69) is 21.2 Å². The number of carbonyl (C=O) groups is 2. The SMILES string of the molecule is CCOC(=O)c1c(-c2ccccc2)csc1NCC(=O)c1ccc(Br)cc1. The van der Waals surface area contributed by atoms with Gasteiger partial charge in [-0.05, 0) is 24.6 Å². The summed E-state index contributed by atoms with van der Waals surface area (Å²) >= 11 is 4.75. The van der Waals surface area contributed by atoms with Crippen LogP contribution in [-0.4, -0.2) is 24.9 Å². The Labute approximate surface area is 170 Å². The Morgan fingerprint density at radius 3 is 2.44 bits per heavy atom. The Morgan fingerprint density at radius 1 is 1.07 bits per heavy atom. The standard InChI is InChI=1S/C21H18BrNO3S/c1-2-26-21(25)19-17(14-6-4-3-5-7-14)13-27-20(19)23-12-18(24)15-8-10-16(22)11-9-15/h3-11,13,23H,2,12H2,1H3. The smallest absolute Gasteiger partial charge is 0.341 e. The van der Waals surface area contributed by atoms with E-state index in [1.54, 1.807) is 19.1 Å². The van der Waals surface area contributed by atoms with Gasteiger partial charge < -0.3 is 10.1 Å². The highest BCUT2D eigenvalue weighted by Crippen LogP contribution is 2.36. The first kappa shape index (κ1) is 19.3. The van der Waals surface area contributed by atoms with Crippen molar-refractivity contribution in [2.45, 2.75) is 6.92 Å². The molecule has 138 valence electrons. The number of hydrogen-bond acceptors (Lipinski definition) is 5. The third-order valence-corrected chi connectivity index (χ3v) is 5.40. The van der Waals surface area contributed by atoms with Crippen LogP contribution in [0.1, 0.15) is 27.6 Å². The topological polar surface area (TPSA) is 55.4 Å². The number of rotatable bonds is 7. The van der Waals surface area contributed by atoms with Gasteiger partial charge in [0.1, 0.15) is 10.6 Å². The van der Waals surface area contributed by atoms with E-state index >= 15 is 0 Å². The molecule has 0 aliphatic heterocycles. The highest BCUT2D eigenvalue weighted by molar-refractivity contribution is 9.10. The number of benzene rings is 2. The maximum Gasteiger partial charge on any atom is 0.341 e. The summed E-state index contributed by atoms with van der Waals surface area (Å²) in [4.78, 5) is 25.0. The zero-order chi connectivity index (χ0) is 19.2. The lowest BCUT2D eigenvalue weighted by Gasteiger charge is -2.09. The molecule has 27 heavy (non-hydrogen) atoms. The molecule has 0 saturated heterocycles. The summed E-state index contributed by atoms with van der Waals surface area (Å²) in [5.41, 5.74) is 2.82. The van der Waals surface area contributed by atoms with Gasteiger partial charge in [-0.25, -0.2) is 4.79 Å². The van der Waals surface area contributed by atoms with Crippen molar-refractivity contribution in [3.63, 3.8) is 0 Å². The lowest BCUT2D eigenvalue weighted by molar-refractivity contribution is 0.0528. The van der Waals surface area contributed by atoms with Crippen molar-refractivity contribution in [3.05, 3.63) is 75.6 Å². The van der Waals surface area contributed by atoms with Crippen LogP contribution in [0.4, 0.5) is 5.00 Å². The van der Waals surface area contributed by atoms with E-state index in [-0.39, 0.29) is 12.3 Å². The molecule has 0 unspecified atom stereocenters. The summed E-state index contributed by atoms with van der Waals surface area (Å²) in [7, 11) is 0. The molecular weight excluding hydrogens is 426 g/mol. The van der Waals surface area contributed by atoms with E-state index in [1.807, 2.05) is 47.8 Å². The fourth-order valence-electron chi connectivity index (χ4n) is 2.62. The molecule has 0 aliphatic rings. The molecule has 0 amide bonds. The molecule has 6 heteroatoms. The van der Waals surface area contributed by atoms with E-state index in [0.717, 1.165) is 15.6 Å².